The van der Waals surface area contributed by atoms with Crippen LogP contribution in [0.3, 0.4) is 0 Å². The topological polar surface area (TPSA) is 90.1 Å². The van der Waals surface area contributed by atoms with Crippen molar-refractivity contribution in [2.45, 2.75) is 0 Å². The third kappa shape index (κ3) is 3.26. The molecule has 1 N–H and O–H groups in total. The summed E-state index contributed by atoms with van der Waals surface area (Å²) < 4.78 is 1.68. The number of nitro groups is 1. The minimum absolute atomic E-state index is 0.0550. The highest BCUT2D eigenvalue weighted by Crippen LogP contribution is 2.24. The SMILES string of the molecule is O=C(Nc1ccc(-n2cccn2)cc1)c1ccc(Cl)cc1[N+](=O)[O-]. The van der Waals surface area contributed by atoms with Crippen molar-refractivity contribution in [2.75, 3.05) is 5.32 Å². The van der Waals surface area contributed by atoms with Crippen LogP contribution in [-0.2, 0) is 0 Å². The predicted molar refractivity (Wildman–Crippen MR) is 89.6 cm³/mol. The summed E-state index contributed by atoms with van der Waals surface area (Å²) in [4.78, 5) is 22.7. The molecule has 8 heteroatoms. The van der Waals surface area contributed by atoms with Crippen LogP contribution in [0.1, 0.15) is 10.4 Å². The van der Waals surface area contributed by atoms with Crippen LogP contribution in [0.2, 0.25) is 5.02 Å². The van der Waals surface area contributed by atoms with Crippen LogP contribution < -0.4 is 5.32 Å². The molecular formula is C16H11ClN4O3. The lowest BCUT2D eigenvalue weighted by Gasteiger charge is -2.07. The lowest BCUT2D eigenvalue weighted by Crippen LogP contribution is -2.14. The molecule has 3 aromatic rings. The highest BCUT2D eigenvalue weighted by molar-refractivity contribution is 6.31. The highest BCUT2D eigenvalue weighted by atomic mass is 35.5. The average Bonchev–Trinajstić information content (AvgIpc) is 3.09. The van der Waals surface area contributed by atoms with Crippen molar-refractivity contribution in [3.63, 3.8) is 0 Å². The number of halogens is 1. The number of nitrogens with one attached hydrogen (secondary N) is 1. The molecule has 1 heterocycles. The van der Waals surface area contributed by atoms with E-state index in [0.29, 0.717) is 5.69 Å². The Balaban J connectivity index is 1.81. The minimum atomic E-state index is -0.637. The fourth-order valence-corrected chi connectivity index (χ4v) is 2.33. The van der Waals surface area contributed by atoms with E-state index < -0.39 is 10.8 Å². The van der Waals surface area contributed by atoms with Crippen LogP contribution in [0.5, 0.6) is 0 Å². The first-order chi connectivity index (χ1) is 11.5. The Morgan fingerprint density at radius 3 is 2.58 bits per heavy atom. The van der Waals surface area contributed by atoms with Crippen molar-refractivity contribution < 1.29 is 9.72 Å². The second kappa shape index (κ2) is 6.51. The molecule has 0 atom stereocenters. The maximum Gasteiger partial charge on any atom is 0.283 e. The number of hydrogen-bond acceptors (Lipinski definition) is 4. The Hall–Kier alpha value is -3.19. The molecule has 0 spiro atoms. The van der Waals surface area contributed by atoms with Crippen LogP contribution in [0.4, 0.5) is 11.4 Å². The number of hydrogen-bond donors (Lipinski definition) is 1. The third-order valence-electron chi connectivity index (χ3n) is 3.30. The van der Waals surface area contributed by atoms with E-state index in [9.17, 15) is 14.9 Å². The van der Waals surface area contributed by atoms with Gasteiger partial charge in [-0.3, -0.25) is 14.9 Å². The Labute approximate surface area is 141 Å². The average molecular weight is 343 g/mol. The normalized spacial score (nSPS) is 10.4. The molecule has 0 fully saturated rings. The zero-order valence-corrected chi connectivity index (χ0v) is 13.0. The van der Waals surface area contributed by atoms with Gasteiger partial charge >= 0.3 is 0 Å². The summed E-state index contributed by atoms with van der Waals surface area (Å²) in [6.45, 7) is 0. The smallest absolute Gasteiger partial charge is 0.283 e. The van der Waals surface area contributed by atoms with Crippen molar-refractivity contribution >= 4 is 28.9 Å². The molecule has 24 heavy (non-hydrogen) atoms. The molecule has 0 saturated carbocycles. The van der Waals surface area contributed by atoms with Crippen molar-refractivity contribution in [1.29, 1.82) is 0 Å². The van der Waals surface area contributed by atoms with Gasteiger partial charge in [-0.15, -0.1) is 0 Å². The lowest BCUT2D eigenvalue weighted by atomic mass is 10.1. The molecule has 7 nitrogen and oxygen atoms in total. The van der Waals surface area contributed by atoms with E-state index >= 15 is 0 Å². The number of carbonyl (C=O) groups is 1. The zero-order chi connectivity index (χ0) is 17.1. The molecule has 0 radical (unpaired) electrons. The first-order valence-corrected chi connectivity index (χ1v) is 7.28. The maximum atomic E-state index is 12.3. The molecule has 120 valence electrons. The van der Waals surface area contributed by atoms with Gasteiger partial charge in [-0.2, -0.15) is 5.10 Å². The molecule has 3 rings (SSSR count). The van der Waals surface area contributed by atoms with E-state index in [-0.39, 0.29) is 16.3 Å². The van der Waals surface area contributed by atoms with Gasteiger partial charge in [-0.05, 0) is 42.5 Å². The third-order valence-corrected chi connectivity index (χ3v) is 3.53. The van der Waals surface area contributed by atoms with Gasteiger partial charge in [0.2, 0.25) is 0 Å². The van der Waals surface area contributed by atoms with Crippen molar-refractivity contribution in [3.8, 4) is 5.69 Å². The summed E-state index contributed by atoms with van der Waals surface area (Å²) in [5.41, 5.74) is 0.948. The van der Waals surface area contributed by atoms with Crippen LogP contribution in [0.25, 0.3) is 5.69 Å². The van der Waals surface area contributed by atoms with Gasteiger partial charge in [0.25, 0.3) is 11.6 Å². The predicted octanol–water partition coefficient (Wildman–Crippen LogP) is 3.69. The van der Waals surface area contributed by atoms with Gasteiger partial charge in [0.15, 0.2) is 0 Å². The van der Waals surface area contributed by atoms with Crippen molar-refractivity contribution in [3.05, 3.63) is 81.6 Å². The lowest BCUT2D eigenvalue weighted by molar-refractivity contribution is -0.385. The fourth-order valence-electron chi connectivity index (χ4n) is 2.17. The van der Waals surface area contributed by atoms with E-state index in [4.69, 9.17) is 11.6 Å². The second-order valence-electron chi connectivity index (χ2n) is 4.87. The largest absolute Gasteiger partial charge is 0.322 e. The number of benzene rings is 2. The number of anilines is 1. The molecule has 0 aliphatic heterocycles. The van der Waals surface area contributed by atoms with E-state index in [0.717, 1.165) is 11.8 Å². The van der Waals surface area contributed by atoms with E-state index in [1.807, 2.05) is 0 Å². The van der Waals surface area contributed by atoms with Gasteiger partial charge in [0.1, 0.15) is 5.56 Å². The highest BCUT2D eigenvalue weighted by Gasteiger charge is 2.20. The standard InChI is InChI=1S/C16H11ClN4O3/c17-11-2-7-14(15(10-11)21(23)24)16(22)19-12-3-5-13(6-4-12)20-9-1-8-18-20/h1-10H,(H,19,22). The van der Waals surface area contributed by atoms with Crippen LogP contribution in [0.15, 0.2) is 60.9 Å². The van der Waals surface area contributed by atoms with Gasteiger partial charge in [0, 0.05) is 29.2 Å². The van der Waals surface area contributed by atoms with Gasteiger partial charge < -0.3 is 5.32 Å². The summed E-state index contributed by atoms with van der Waals surface area (Å²) in [6, 6.07) is 12.6. The Morgan fingerprint density at radius 2 is 1.96 bits per heavy atom. The Kier molecular flexibility index (Phi) is 4.26. The molecule has 2 aromatic carbocycles. The summed E-state index contributed by atoms with van der Waals surface area (Å²) in [6.07, 6.45) is 3.46. The first-order valence-electron chi connectivity index (χ1n) is 6.90. The van der Waals surface area contributed by atoms with Gasteiger partial charge in [-0.1, -0.05) is 11.6 Å². The molecule has 0 aliphatic rings. The second-order valence-corrected chi connectivity index (χ2v) is 5.31. The number of nitro benzene ring substituents is 1. The van der Waals surface area contributed by atoms with E-state index in [1.165, 1.54) is 12.1 Å². The first kappa shape index (κ1) is 15.7. The number of amides is 1. The van der Waals surface area contributed by atoms with E-state index in [2.05, 4.69) is 10.4 Å². The minimum Gasteiger partial charge on any atom is -0.322 e. The quantitative estimate of drug-likeness (QED) is 0.578. The summed E-state index contributed by atoms with van der Waals surface area (Å²) in [7, 11) is 0. The van der Waals surface area contributed by atoms with Crippen LogP contribution in [0, 0.1) is 10.1 Å². The van der Waals surface area contributed by atoms with Crippen LogP contribution in [-0.4, -0.2) is 20.6 Å². The molecular weight excluding hydrogens is 332 g/mol. The molecule has 0 aliphatic carbocycles. The maximum absolute atomic E-state index is 12.3. The van der Waals surface area contributed by atoms with Crippen LogP contribution >= 0.6 is 11.6 Å². The summed E-state index contributed by atoms with van der Waals surface area (Å²) >= 11 is 5.75. The molecule has 0 unspecified atom stereocenters. The van der Waals surface area contributed by atoms with Gasteiger partial charge in [0.05, 0.1) is 10.6 Å². The van der Waals surface area contributed by atoms with Gasteiger partial charge in [-0.25, -0.2) is 4.68 Å². The molecule has 1 aromatic heterocycles. The number of rotatable bonds is 4. The Bertz CT molecular complexity index is 892. The fraction of sp³-hybridized carbons (Fsp3) is 0. The molecule has 1 amide bonds. The van der Waals surface area contributed by atoms with Crippen molar-refractivity contribution in [2.24, 2.45) is 0 Å². The van der Waals surface area contributed by atoms with E-state index in [1.54, 1.807) is 47.4 Å². The Morgan fingerprint density at radius 1 is 1.21 bits per heavy atom. The molecule has 0 bridgehead atoms. The number of nitrogens with zero attached hydrogens (tertiary/aromatic N) is 3. The zero-order valence-electron chi connectivity index (χ0n) is 12.2. The summed E-state index contributed by atoms with van der Waals surface area (Å²) in [5.74, 6) is -0.579. The molecule has 0 saturated heterocycles. The summed E-state index contributed by atoms with van der Waals surface area (Å²) in [5, 5.41) is 18.0. The van der Waals surface area contributed by atoms with Crippen molar-refractivity contribution in [1.82, 2.24) is 9.78 Å². The number of carbonyl (C=O) groups excluding carboxylic acids is 1. The monoisotopic (exact) mass is 342 g/mol. The number of aromatic nitrogens is 2.